The summed E-state index contributed by atoms with van der Waals surface area (Å²) in [7, 11) is 3.06. The lowest BCUT2D eigenvalue weighted by Gasteiger charge is -2.30. The number of rotatable bonds is 12. The molecule has 1 aliphatic heterocycles. The van der Waals surface area contributed by atoms with Gasteiger partial charge in [-0.25, -0.2) is 4.99 Å². The average molecular weight is 774 g/mol. The molecule has 6 rings (SSSR count). The molecule has 0 fully saturated rings. The van der Waals surface area contributed by atoms with Gasteiger partial charge in [-0.3, -0.25) is 24.3 Å². The maximum Gasteiger partial charge on any atom is 0.271 e. The molecule has 274 valence electrons. The summed E-state index contributed by atoms with van der Waals surface area (Å²) in [6.07, 6.45) is 1.62. The molecule has 5 aromatic rings. The maximum atomic E-state index is 14.6. The van der Waals surface area contributed by atoms with Crippen LogP contribution in [0.5, 0.6) is 11.5 Å². The first-order valence-electron chi connectivity index (χ1n) is 16.7. The molecule has 0 saturated heterocycles. The standard InChI is InChI=1S/C37H36ClN7O6S2/c1-7-42(8-2)35(47)31-21(4)39-36-44(32(31)27-20-26(50-5)14-15-28(27)51-6)34(46)30(53-36)19-23-18-25(45(48)49)13-16-29(23)52-37-41-40-33(43(37)9-3)22-11-10-12-24(38)17-22/h10-20,32H,7-9H2,1-6H3/b30-19-/t32-/m1/s1. The minimum absolute atomic E-state index is 0.146. The molecule has 0 radical (unpaired) electrons. The molecule has 2 aromatic heterocycles. The van der Waals surface area contributed by atoms with Gasteiger partial charge in [0.1, 0.15) is 17.5 Å². The third-order valence-corrected chi connectivity index (χ3v) is 11.1. The normalized spacial score (nSPS) is 14.2. The molecule has 0 saturated carbocycles. The summed E-state index contributed by atoms with van der Waals surface area (Å²) in [5, 5.41) is 21.9. The van der Waals surface area contributed by atoms with E-state index in [1.807, 2.05) is 37.5 Å². The largest absolute Gasteiger partial charge is 0.497 e. The second kappa shape index (κ2) is 15.8. The van der Waals surface area contributed by atoms with E-state index in [0.717, 1.165) is 16.9 Å². The minimum atomic E-state index is -0.904. The van der Waals surface area contributed by atoms with Gasteiger partial charge in [0.25, 0.3) is 17.2 Å². The second-order valence-electron chi connectivity index (χ2n) is 11.8. The van der Waals surface area contributed by atoms with Gasteiger partial charge in [-0.2, -0.15) is 0 Å². The summed E-state index contributed by atoms with van der Waals surface area (Å²) in [5.41, 5.74) is 1.99. The van der Waals surface area contributed by atoms with Crippen LogP contribution >= 0.6 is 34.7 Å². The van der Waals surface area contributed by atoms with Crippen molar-refractivity contribution in [1.82, 2.24) is 24.2 Å². The first kappa shape index (κ1) is 37.5. The second-order valence-corrected chi connectivity index (χ2v) is 14.3. The third kappa shape index (κ3) is 7.24. The van der Waals surface area contributed by atoms with Gasteiger partial charge in [0.05, 0.1) is 34.9 Å². The number of hydrogen-bond donors (Lipinski definition) is 0. The smallest absolute Gasteiger partial charge is 0.271 e. The zero-order valence-electron chi connectivity index (χ0n) is 29.8. The first-order valence-corrected chi connectivity index (χ1v) is 18.7. The predicted molar refractivity (Wildman–Crippen MR) is 205 cm³/mol. The Bertz CT molecular complexity index is 2450. The number of nitro benzene ring substituents is 1. The highest BCUT2D eigenvalue weighted by molar-refractivity contribution is 7.99. The zero-order valence-corrected chi connectivity index (χ0v) is 32.2. The van der Waals surface area contributed by atoms with Crippen LogP contribution in [0.3, 0.4) is 0 Å². The first-order chi connectivity index (χ1) is 25.5. The number of likely N-dealkylation sites (N-methyl/N-ethyl adjacent to an activating group) is 1. The summed E-state index contributed by atoms with van der Waals surface area (Å²) >= 11 is 8.66. The van der Waals surface area contributed by atoms with Crippen molar-refractivity contribution in [3.8, 4) is 22.9 Å². The van der Waals surface area contributed by atoms with Gasteiger partial charge in [-0.05, 0) is 87.5 Å². The van der Waals surface area contributed by atoms with Gasteiger partial charge >= 0.3 is 0 Å². The Labute approximate surface area is 318 Å². The highest BCUT2D eigenvalue weighted by Crippen LogP contribution is 2.39. The molecule has 3 aromatic carbocycles. The summed E-state index contributed by atoms with van der Waals surface area (Å²) in [6.45, 7) is 8.96. The van der Waals surface area contributed by atoms with Crippen LogP contribution in [0.25, 0.3) is 17.5 Å². The van der Waals surface area contributed by atoms with Crippen molar-refractivity contribution < 1.29 is 19.2 Å². The topological polar surface area (TPSA) is 147 Å². The average Bonchev–Trinajstić information content (AvgIpc) is 3.70. The van der Waals surface area contributed by atoms with Crippen LogP contribution in [0.1, 0.15) is 44.9 Å². The van der Waals surface area contributed by atoms with Gasteiger partial charge in [-0.15, -0.1) is 10.2 Å². The van der Waals surface area contributed by atoms with Crippen molar-refractivity contribution in [2.75, 3.05) is 27.3 Å². The molecule has 0 N–H and O–H groups in total. The summed E-state index contributed by atoms with van der Waals surface area (Å²) < 4.78 is 15.0. The van der Waals surface area contributed by atoms with E-state index in [4.69, 9.17) is 26.1 Å². The number of fused-ring (bicyclic) bond motifs is 1. The number of non-ortho nitro benzene ring substituents is 1. The Morgan fingerprint density at radius 2 is 1.85 bits per heavy atom. The molecule has 0 unspecified atom stereocenters. The molecule has 0 aliphatic carbocycles. The van der Waals surface area contributed by atoms with Crippen molar-refractivity contribution in [2.24, 2.45) is 4.99 Å². The maximum absolute atomic E-state index is 14.6. The van der Waals surface area contributed by atoms with Crippen LogP contribution in [0.2, 0.25) is 5.02 Å². The molecule has 1 aliphatic rings. The summed E-state index contributed by atoms with van der Waals surface area (Å²) in [4.78, 5) is 47.6. The predicted octanol–water partition coefficient (Wildman–Crippen LogP) is 6.11. The van der Waals surface area contributed by atoms with Crippen molar-refractivity contribution in [3.63, 3.8) is 0 Å². The number of thiazole rings is 1. The summed E-state index contributed by atoms with van der Waals surface area (Å²) in [6, 6.07) is 16.1. The number of carbonyl (C=O) groups is 1. The number of nitrogens with zero attached hydrogens (tertiary/aromatic N) is 7. The molecule has 13 nitrogen and oxygen atoms in total. The van der Waals surface area contributed by atoms with E-state index < -0.39 is 16.5 Å². The SMILES string of the molecule is CCN(CC)C(=O)C1=C(C)N=c2s/c(=C\c3cc([N+](=O)[O-])ccc3Sc3nnc(-c4cccc(Cl)c4)n3CC)c(=O)n2[C@@H]1c1cc(OC)ccc1OC. The van der Waals surface area contributed by atoms with Gasteiger partial charge in [0.2, 0.25) is 0 Å². The van der Waals surface area contributed by atoms with Gasteiger partial charge in [0.15, 0.2) is 15.8 Å². The number of ether oxygens (including phenoxy) is 2. The van der Waals surface area contributed by atoms with Crippen LogP contribution in [0.15, 0.2) is 91.8 Å². The highest BCUT2D eigenvalue weighted by Gasteiger charge is 2.36. The number of halogens is 1. The molecule has 53 heavy (non-hydrogen) atoms. The number of methoxy groups -OCH3 is 2. The van der Waals surface area contributed by atoms with Gasteiger partial charge in [-0.1, -0.05) is 35.1 Å². The van der Waals surface area contributed by atoms with E-state index in [2.05, 4.69) is 10.2 Å². The molecular weight excluding hydrogens is 738 g/mol. The van der Waals surface area contributed by atoms with Crippen LogP contribution in [-0.2, 0) is 11.3 Å². The Morgan fingerprint density at radius 1 is 1.08 bits per heavy atom. The quantitative estimate of drug-likeness (QED) is 0.108. The molecule has 3 heterocycles. The molecule has 0 spiro atoms. The highest BCUT2D eigenvalue weighted by atomic mass is 35.5. The molecule has 1 atom stereocenters. The van der Waals surface area contributed by atoms with E-state index in [-0.39, 0.29) is 16.1 Å². The lowest BCUT2D eigenvalue weighted by Crippen LogP contribution is -2.43. The Morgan fingerprint density at radius 3 is 2.51 bits per heavy atom. The van der Waals surface area contributed by atoms with Gasteiger partial charge in [0, 0.05) is 52.8 Å². The fourth-order valence-corrected chi connectivity index (χ4v) is 8.41. The van der Waals surface area contributed by atoms with Crippen molar-refractivity contribution >= 4 is 52.4 Å². The van der Waals surface area contributed by atoms with Crippen molar-refractivity contribution in [2.45, 2.75) is 50.3 Å². The Hall–Kier alpha value is -5.25. The number of amides is 1. The molecule has 1 amide bonds. The Kier molecular flexibility index (Phi) is 11.2. The number of nitro groups is 1. The van der Waals surface area contributed by atoms with Crippen LogP contribution < -0.4 is 24.4 Å². The lowest BCUT2D eigenvalue weighted by atomic mass is 9.93. The van der Waals surface area contributed by atoms with Crippen LogP contribution in [0.4, 0.5) is 5.69 Å². The number of allylic oxidation sites excluding steroid dienone is 1. The van der Waals surface area contributed by atoms with Crippen LogP contribution in [-0.4, -0.2) is 62.4 Å². The third-order valence-electron chi connectivity index (χ3n) is 8.84. The molecular formula is C37H36ClN7O6S2. The zero-order chi connectivity index (χ0) is 38.0. The Balaban J connectivity index is 1.54. The van der Waals surface area contributed by atoms with E-state index >= 15 is 0 Å². The summed E-state index contributed by atoms with van der Waals surface area (Å²) in [5.74, 6) is 1.34. The number of benzene rings is 3. The number of hydrogen-bond acceptors (Lipinski definition) is 11. The van der Waals surface area contributed by atoms with Crippen LogP contribution in [0, 0.1) is 10.1 Å². The van der Waals surface area contributed by atoms with Crippen molar-refractivity contribution in [1.29, 1.82) is 0 Å². The van der Waals surface area contributed by atoms with Crippen molar-refractivity contribution in [3.05, 3.63) is 118 Å². The fourth-order valence-electron chi connectivity index (χ4n) is 6.21. The lowest BCUT2D eigenvalue weighted by molar-refractivity contribution is -0.384. The molecule has 0 bridgehead atoms. The fraction of sp³-hybridized carbons (Fsp3) is 0.270. The van der Waals surface area contributed by atoms with E-state index in [9.17, 15) is 19.7 Å². The van der Waals surface area contributed by atoms with E-state index in [0.29, 0.717) is 79.2 Å². The van der Waals surface area contributed by atoms with E-state index in [1.54, 1.807) is 54.3 Å². The van der Waals surface area contributed by atoms with E-state index in [1.165, 1.54) is 42.7 Å². The monoisotopic (exact) mass is 773 g/mol. The minimum Gasteiger partial charge on any atom is -0.497 e. The number of carbonyl (C=O) groups excluding carboxylic acids is 1. The molecule has 16 heteroatoms. The van der Waals surface area contributed by atoms with Gasteiger partial charge < -0.3 is 18.9 Å². The number of aromatic nitrogens is 4.